The van der Waals surface area contributed by atoms with Gasteiger partial charge in [0.05, 0.1) is 0 Å². The Morgan fingerprint density at radius 2 is 0.370 bits per heavy atom. The van der Waals surface area contributed by atoms with Gasteiger partial charge in [-0.15, -0.1) is 0 Å². The smallest absolute Gasteiger partial charge is 0.121 e. The van der Waals surface area contributed by atoms with Crippen LogP contribution in [-0.2, 0) is 0 Å². The molecule has 0 heterocycles. The van der Waals surface area contributed by atoms with Crippen LogP contribution in [0.3, 0.4) is 0 Å². The molecule has 0 aliphatic heterocycles. The lowest BCUT2D eigenvalue weighted by atomic mass is 10.0. The third-order valence-electron chi connectivity index (χ3n) is 12.8. The number of hydrogen-bond donors (Lipinski definition) is 0. The van der Waals surface area contributed by atoms with E-state index < -0.39 is 7.92 Å². The van der Waals surface area contributed by atoms with Gasteiger partial charge in [0.1, 0.15) is 71.1 Å². The first-order valence-electron chi connectivity index (χ1n) is 25.2. The molecule has 0 amide bonds. The third-order valence-corrected chi connectivity index (χ3v) is 15.1. The normalized spacial score (nSPS) is 13.7. The number of para-hydroxylation sites is 6. The van der Waals surface area contributed by atoms with Gasteiger partial charge in [-0.1, -0.05) is 109 Å². The van der Waals surface area contributed by atoms with Crippen LogP contribution in [0.1, 0.15) is 112 Å². The number of ether oxygens (including phenoxy) is 6. The van der Waals surface area contributed by atoms with E-state index in [1.165, 1.54) is 0 Å². The summed E-state index contributed by atoms with van der Waals surface area (Å²) < 4.78 is 40.4. The van der Waals surface area contributed by atoms with Crippen molar-refractivity contribution in [3.63, 3.8) is 0 Å². The van der Waals surface area contributed by atoms with E-state index in [0.29, 0.717) is 0 Å². The SMILES string of the molecule is C[C@H](Oc1ccccc1)c1cc([C@H](C)Oc2ccccc2)cc(P(c2cc([C@H](C)Oc3ccccc3)cc([C@H](C)Oc3ccccc3)c2)c2cc([C@H](C)Oc3ccccc3)cc([C@H](C)Oc3ccccc3)c2)c1. The zero-order valence-corrected chi connectivity index (χ0v) is 43.3. The average molecular weight is 983 g/mol. The molecular formula is C66H63O6P. The van der Waals surface area contributed by atoms with Crippen LogP contribution in [0.2, 0.25) is 0 Å². The zero-order chi connectivity index (χ0) is 50.5. The Bertz CT molecular complexity index is 2580. The molecule has 0 unspecified atom stereocenters. The van der Waals surface area contributed by atoms with Crippen molar-refractivity contribution in [3.8, 4) is 34.5 Å². The van der Waals surface area contributed by atoms with Crippen molar-refractivity contribution in [1.29, 1.82) is 0 Å². The first-order chi connectivity index (χ1) is 35.6. The van der Waals surface area contributed by atoms with E-state index in [1.54, 1.807) is 0 Å². The van der Waals surface area contributed by atoms with E-state index in [1.807, 2.05) is 182 Å². The summed E-state index contributed by atoms with van der Waals surface area (Å²) >= 11 is 0. The molecule has 0 spiro atoms. The van der Waals surface area contributed by atoms with Crippen molar-refractivity contribution in [2.75, 3.05) is 0 Å². The Kier molecular flexibility index (Phi) is 16.5. The summed E-state index contributed by atoms with van der Waals surface area (Å²) in [6.07, 6.45) is -1.82. The fraction of sp³-hybridized carbons (Fsp3) is 0.182. The number of hydrogen-bond acceptors (Lipinski definition) is 6. The summed E-state index contributed by atoms with van der Waals surface area (Å²) in [7, 11) is -1.38. The first-order valence-corrected chi connectivity index (χ1v) is 26.5. The highest BCUT2D eigenvalue weighted by molar-refractivity contribution is 7.79. The van der Waals surface area contributed by atoms with Crippen LogP contribution in [0.4, 0.5) is 0 Å². The maximum atomic E-state index is 6.73. The van der Waals surface area contributed by atoms with Crippen LogP contribution in [0, 0.1) is 0 Å². The molecule has 0 aliphatic carbocycles. The molecule has 0 saturated carbocycles. The molecule has 0 fully saturated rings. The Labute approximate surface area is 432 Å². The summed E-state index contributed by atoms with van der Waals surface area (Å²) in [5, 5.41) is 3.38. The molecule has 0 radical (unpaired) electrons. The second kappa shape index (κ2) is 24.1. The highest BCUT2D eigenvalue weighted by Gasteiger charge is 2.27. The quantitative estimate of drug-likeness (QED) is 0.0669. The average Bonchev–Trinajstić information content (AvgIpc) is 3.42. The van der Waals surface area contributed by atoms with Gasteiger partial charge >= 0.3 is 0 Å². The van der Waals surface area contributed by atoms with E-state index in [9.17, 15) is 0 Å². The van der Waals surface area contributed by atoms with Crippen molar-refractivity contribution in [3.05, 3.63) is 270 Å². The Morgan fingerprint density at radius 1 is 0.219 bits per heavy atom. The van der Waals surface area contributed by atoms with E-state index in [-0.39, 0.29) is 36.6 Å². The maximum absolute atomic E-state index is 6.73. The number of rotatable bonds is 21. The van der Waals surface area contributed by atoms with E-state index in [0.717, 1.165) is 83.8 Å². The molecule has 7 heteroatoms. The Balaban J connectivity index is 1.27. The Morgan fingerprint density at radius 3 is 0.521 bits per heavy atom. The predicted molar refractivity (Wildman–Crippen MR) is 298 cm³/mol. The van der Waals surface area contributed by atoms with E-state index in [4.69, 9.17) is 28.4 Å². The fourth-order valence-electron chi connectivity index (χ4n) is 8.85. The van der Waals surface area contributed by atoms with Crippen molar-refractivity contribution in [2.45, 2.75) is 78.2 Å². The van der Waals surface area contributed by atoms with Gasteiger partial charge in [0, 0.05) is 0 Å². The molecule has 0 saturated heterocycles. The summed E-state index contributed by atoms with van der Waals surface area (Å²) in [6, 6.07) is 80.8. The van der Waals surface area contributed by atoms with Gasteiger partial charge in [-0.3, -0.25) is 0 Å². The van der Waals surface area contributed by atoms with Gasteiger partial charge in [0.25, 0.3) is 0 Å². The first kappa shape index (κ1) is 50.2. The standard InChI is InChI=1S/C66H63O6P/c1-46(67-58-25-13-7-14-26-58)52-37-53(47(2)68-59-27-15-8-16-28-59)41-64(40-52)73(65-42-54(48(3)69-60-29-17-9-18-30-60)38-55(43-65)49(4)70-61-31-19-10-20-32-61)66-44-56(50(5)71-62-33-21-11-22-34-62)39-57(45-66)51(6)72-63-35-23-12-24-36-63/h7-51H,1-6H3/t46-,47-,48-,49-,50-,51-/m0/s1. The molecule has 9 aromatic carbocycles. The summed E-state index contributed by atoms with van der Waals surface area (Å²) in [4.78, 5) is 0. The van der Waals surface area contributed by atoms with Crippen LogP contribution in [0.25, 0.3) is 0 Å². The lowest BCUT2D eigenvalue weighted by Gasteiger charge is -2.28. The summed E-state index contributed by atoms with van der Waals surface area (Å²) in [6.45, 7) is 12.7. The minimum atomic E-state index is -1.38. The predicted octanol–water partition coefficient (Wildman–Crippen LogP) is 16.3. The largest absolute Gasteiger partial charge is 0.486 e. The molecule has 0 bridgehead atoms. The second-order valence-electron chi connectivity index (χ2n) is 18.3. The molecule has 368 valence electrons. The van der Waals surface area contributed by atoms with E-state index in [2.05, 4.69) is 96.1 Å². The van der Waals surface area contributed by atoms with Gasteiger partial charge in [0.15, 0.2) is 0 Å². The van der Waals surface area contributed by atoms with Crippen LogP contribution in [-0.4, -0.2) is 0 Å². The molecule has 73 heavy (non-hydrogen) atoms. The molecule has 0 aliphatic rings. The van der Waals surface area contributed by atoms with Crippen molar-refractivity contribution < 1.29 is 28.4 Å². The van der Waals surface area contributed by atoms with Crippen molar-refractivity contribution in [1.82, 2.24) is 0 Å². The van der Waals surface area contributed by atoms with Gasteiger partial charge in [-0.05, 0) is 226 Å². The second-order valence-corrected chi connectivity index (χ2v) is 20.6. The highest BCUT2D eigenvalue weighted by atomic mass is 31.1. The van der Waals surface area contributed by atoms with Crippen LogP contribution in [0.15, 0.2) is 237 Å². The molecule has 0 aromatic heterocycles. The van der Waals surface area contributed by atoms with Gasteiger partial charge in [0.2, 0.25) is 0 Å². The zero-order valence-electron chi connectivity index (χ0n) is 42.4. The minimum absolute atomic E-state index is 0.303. The topological polar surface area (TPSA) is 55.4 Å². The lowest BCUT2D eigenvalue weighted by molar-refractivity contribution is 0.220. The van der Waals surface area contributed by atoms with Gasteiger partial charge < -0.3 is 28.4 Å². The molecule has 9 aromatic rings. The van der Waals surface area contributed by atoms with E-state index >= 15 is 0 Å². The highest BCUT2D eigenvalue weighted by Crippen LogP contribution is 2.41. The van der Waals surface area contributed by atoms with Crippen molar-refractivity contribution in [2.24, 2.45) is 0 Å². The van der Waals surface area contributed by atoms with Crippen LogP contribution < -0.4 is 44.3 Å². The monoisotopic (exact) mass is 982 g/mol. The third kappa shape index (κ3) is 13.4. The molecular weight excluding hydrogens is 920 g/mol. The fourth-order valence-corrected chi connectivity index (χ4v) is 11.4. The minimum Gasteiger partial charge on any atom is -0.486 e. The Hall–Kier alpha value is -7.79. The molecule has 0 N–H and O–H groups in total. The molecule has 6 nitrogen and oxygen atoms in total. The summed E-state index contributed by atoms with van der Waals surface area (Å²) in [5.41, 5.74) is 6.18. The number of benzene rings is 9. The molecule has 6 atom stereocenters. The van der Waals surface area contributed by atoms with Crippen LogP contribution >= 0.6 is 7.92 Å². The van der Waals surface area contributed by atoms with Gasteiger partial charge in [-0.2, -0.15) is 0 Å². The maximum Gasteiger partial charge on any atom is 0.121 e. The lowest BCUT2D eigenvalue weighted by Crippen LogP contribution is -2.26. The van der Waals surface area contributed by atoms with Gasteiger partial charge in [-0.25, -0.2) is 0 Å². The van der Waals surface area contributed by atoms with Crippen LogP contribution in [0.5, 0.6) is 34.5 Å². The van der Waals surface area contributed by atoms with Crippen molar-refractivity contribution >= 4 is 23.8 Å². The summed E-state index contributed by atoms with van der Waals surface area (Å²) in [5.74, 6) is 4.79. The molecule has 9 rings (SSSR count).